The number of carbonyl (C=O) groups is 2. The molecule has 1 fully saturated rings. The van der Waals surface area contributed by atoms with Gasteiger partial charge in [0.25, 0.3) is 0 Å². The van der Waals surface area contributed by atoms with Gasteiger partial charge < -0.3 is 14.2 Å². The largest absolute Gasteiger partial charge is 0.465 e. The predicted molar refractivity (Wildman–Crippen MR) is 152 cm³/mol. The lowest BCUT2D eigenvalue weighted by Crippen LogP contribution is -2.50. The molecule has 0 aliphatic carbocycles. The number of benzene rings is 2. The van der Waals surface area contributed by atoms with E-state index in [2.05, 4.69) is 16.8 Å². The molecule has 0 N–H and O–H groups in total. The van der Waals surface area contributed by atoms with E-state index in [1.807, 2.05) is 19.9 Å². The molecule has 1 atom stereocenters. The fraction of sp³-hybridized carbons (Fsp3) is 0.448. The van der Waals surface area contributed by atoms with Crippen LogP contribution in [-0.2, 0) is 29.2 Å². The van der Waals surface area contributed by atoms with Gasteiger partial charge in [0.15, 0.2) is 6.29 Å². The molecular weight excluding hydrogens is 566 g/mol. The Balaban J connectivity index is 0.000000267. The zero-order valence-corrected chi connectivity index (χ0v) is 24.8. The van der Waals surface area contributed by atoms with E-state index in [4.69, 9.17) is 27.9 Å². The molecule has 11 heteroatoms. The topological polar surface area (TPSA) is 54.8 Å². The van der Waals surface area contributed by atoms with E-state index in [0.717, 1.165) is 49.4 Å². The Hall–Kier alpha value is -2.59. The summed E-state index contributed by atoms with van der Waals surface area (Å²) in [5.41, 5.74) is 1.96. The number of likely N-dealkylation sites (N-methyl/N-ethyl adjacent to an activating group) is 1. The molecule has 3 aromatic rings. The summed E-state index contributed by atoms with van der Waals surface area (Å²) in [5, 5.41) is 1.39. The zero-order chi connectivity index (χ0) is 29.8. The Morgan fingerprint density at radius 1 is 1.10 bits per heavy atom. The molecule has 0 bridgehead atoms. The van der Waals surface area contributed by atoms with Crippen LogP contribution >= 0.6 is 23.2 Å². The van der Waals surface area contributed by atoms with E-state index >= 15 is 0 Å². The van der Waals surface area contributed by atoms with Gasteiger partial charge in [-0.05, 0) is 69.3 Å². The molecule has 0 amide bonds. The van der Waals surface area contributed by atoms with Gasteiger partial charge in [0.1, 0.15) is 6.04 Å². The van der Waals surface area contributed by atoms with Gasteiger partial charge in [0.05, 0.1) is 17.2 Å². The van der Waals surface area contributed by atoms with Crippen LogP contribution in [0.15, 0.2) is 30.3 Å². The van der Waals surface area contributed by atoms with E-state index in [-0.39, 0.29) is 17.0 Å². The lowest BCUT2D eigenvalue weighted by molar-refractivity contribution is -0.149. The van der Waals surface area contributed by atoms with Gasteiger partial charge >= 0.3 is 12.1 Å². The Kier molecular flexibility index (Phi) is 10.7. The van der Waals surface area contributed by atoms with E-state index in [9.17, 15) is 22.8 Å². The highest BCUT2D eigenvalue weighted by atomic mass is 35.5. The van der Waals surface area contributed by atoms with Crippen molar-refractivity contribution < 1.29 is 27.5 Å². The molecule has 4 rings (SSSR count). The summed E-state index contributed by atoms with van der Waals surface area (Å²) >= 11 is 12.5. The van der Waals surface area contributed by atoms with Crippen LogP contribution in [0.2, 0.25) is 10.0 Å². The third kappa shape index (κ3) is 7.37. The number of aldehydes is 1. The van der Waals surface area contributed by atoms with E-state index in [0.29, 0.717) is 46.5 Å². The summed E-state index contributed by atoms with van der Waals surface area (Å²) in [5.74, 6) is -0.1000. The van der Waals surface area contributed by atoms with E-state index < -0.39 is 11.7 Å². The van der Waals surface area contributed by atoms with Gasteiger partial charge in [0, 0.05) is 66.8 Å². The molecule has 2 aromatic carbocycles. The number of alkyl halides is 3. The molecule has 40 heavy (non-hydrogen) atoms. The number of aryl methyl sites for hydroxylation is 2. The number of nitrogens with zero attached hydrogens (tertiary/aromatic N) is 3. The number of aromatic nitrogens is 1. The average molecular weight is 601 g/mol. The molecule has 1 aliphatic heterocycles. The number of esters is 1. The summed E-state index contributed by atoms with van der Waals surface area (Å²) in [6.07, 6.45) is -3.47. The molecule has 1 unspecified atom stereocenters. The minimum Gasteiger partial charge on any atom is -0.465 e. The predicted octanol–water partition coefficient (Wildman–Crippen LogP) is 6.40. The quantitative estimate of drug-likeness (QED) is 0.242. The smallest absolute Gasteiger partial charge is 0.416 e. The molecule has 218 valence electrons. The molecular formula is C29H34Cl2F3N3O3. The van der Waals surface area contributed by atoms with Crippen molar-refractivity contribution in [2.45, 2.75) is 39.4 Å². The third-order valence-corrected chi connectivity index (χ3v) is 8.01. The number of rotatable bonds is 6. The molecule has 0 saturated carbocycles. The maximum Gasteiger partial charge on any atom is 0.416 e. The second-order valence-corrected chi connectivity index (χ2v) is 10.7. The monoisotopic (exact) mass is 599 g/mol. The summed E-state index contributed by atoms with van der Waals surface area (Å²) in [6, 6.07) is 7.12. The van der Waals surface area contributed by atoms with Gasteiger partial charge in [0.2, 0.25) is 0 Å². The van der Waals surface area contributed by atoms with Gasteiger partial charge in [-0.25, -0.2) is 0 Å². The first-order valence-corrected chi connectivity index (χ1v) is 13.7. The lowest BCUT2D eigenvalue weighted by Gasteiger charge is -2.35. The molecule has 1 saturated heterocycles. The SMILES string of the molecule is CCOC(=O)C(C)N1CCN(C)CC1.Cc1cc(C(F)(F)F)cc2c1cc(Cc1c(Cl)ccc(C=O)c1Cl)n2C. The number of hydrogen-bond acceptors (Lipinski definition) is 5. The Bertz CT molecular complexity index is 1370. The highest BCUT2D eigenvalue weighted by Gasteiger charge is 2.31. The lowest BCUT2D eigenvalue weighted by atomic mass is 10.0. The first kappa shape index (κ1) is 31.9. The van der Waals surface area contributed by atoms with Gasteiger partial charge in [-0.3, -0.25) is 14.5 Å². The second-order valence-electron chi connectivity index (χ2n) is 9.91. The number of piperazine rings is 1. The first-order valence-electron chi connectivity index (χ1n) is 13.0. The summed E-state index contributed by atoms with van der Waals surface area (Å²) in [6.45, 7) is 9.85. The number of fused-ring (bicyclic) bond motifs is 1. The maximum atomic E-state index is 13.1. The molecule has 0 spiro atoms. The molecule has 0 radical (unpaired) electrons. The van der Waals surface area contributed by atoms with Crippen molar-refractivity contribution in [3.8, 4) is 0 Å². The number of carbonyl (C=O) groups excluding carboxylic acids is 2. The Morgan fingerprint density at radius 2 is 1.75 bits per heavy atom. The minimum absolute atomic E-state index is 0.0938. The van der Waals surface area contributed by atoms with Gasteiger partial charge in [-0.15, -0.1) is 0 Å². The van der Waals surface area contributed by atoms with Crippen molar-refractivity contribution >= 4 is 46.4 Å². The van der Waals surface area contributed by atoms with Crippen LogP contribution in [-0.4, -0.2) is 72.5 Å². The van der Waals surface area contributed by atoms with Crippen molar-refractivity contribution in [3.05, 3.63) is 68.3 Å². The number of halogens is 5. The molecule has 6 nitrogen and oxygen atoms in total. The Labute approximate surface area is 242 Å². The summed E-state index contributed by atoms with van der Waals surface area (Å²) in [7, 11) is 3.80. The van der Waals surface area contributed by atoms with Crippen LogP contribution in [0.3, 0.4) is 0 Å². The fourth-order valence-corrected chi connectivity index (χ4v) is 5.22. The van der Waals surface area contributed by atoms with Crippen molar-refractivity contribution in [3.63, 3.8) is 0 Å². The van der Waals surface area contributed by atoms with Gasteiger partial charge in [-0.1, -0.05) is 23.2 Å². The fourth-order valence-electron chi connectivity index (χ4n) is 4.67. The highest BCUT2D eigenvalue weighted by molar-refractivity contribution is 6.37. The van der Waals surface area contributed by atoms with Crippen molar-refractivity contribution in [2.24, 2.45) is 7.05 Å². The minimum atomic E-state index is -4.41. The van der Waals surface area contributed by atoms with E-state index in [1.165, 1.54) is 6.07 Å². The zero-order valence-electron chi connectivity index (χ0n) is 23.2. The van der Waals surface area contributed by atoms with Crippen LogP contribution < -0.4 is 0 Å². The summed E-state index contributed by atoms with van der Waals surface area (Å²) in [4.78, 5) is 27.0. The molecule has 1 aliphatic rings. The first-order chi connectivity index (χ1) is 18.8. The Morgan fingerprint density at radius 3 is 2.33 bits per heavy atom. The van der Waals surface area contributed by atoms with Crippen LogP contribution in [0.1, 0.15) is 46.6 Å². The van der Waals surface area contributed by atoms with Crippen molar-refractivity contribution in [1.29, 1.82) is 0 Å². The van der Waals surface area contributed by atoms with Crippen LogP contribution in [0, 0.1) is 6.92 Å². The number of hydrogen-bond donors (Lipinski definition) is 0. The van der Waals surface area contributed by atoms with E-state index in [1.54, 1.807) is 24.6 Å². The van der Waals surface area contributed by atoms with Crippen LogP contribution in [0.5, 0.6) is 0 Å². The van der Waals surface area contributed by atoms with Crippen LogP contribution in [0.4, 0.5) is 13.2 Å². The second kappa shape index (κ2) is 13.4. The molecule has 2 heterocycles. The van der Waals surface area contributed by atoms with Crippen molar-refractivity contribution in [2.75, 3.05) is 39.8 Å². The molecule has 1 aromatic heterocycles. The number of ether oxygens (including phenoxy) is 1. The third-order valence-electron chi connectivity index (χ3n) is 7.21. The summed E-state index contributed by atoms with van der Waals surface area (Å²) < 4.78 is 46.0. The van der Waals surface area contributed by atoms with Crippen LogP contribution in [0.25, 0.3) is 10.9 Å². The average Bonchev–Trinajstić information content (AvgIpc) is 3.22. The van der Waals surface area contributed by atoms with Crippen molar-refractivity contribution in [1.82, 2.24) is 14.4 Å². The van der Waals surface area contributed by atoms with Gasteiger partial charge in [-0.2, -0.15) is 13.2 Å². The normalized spacial score (nSPS) is 15.4. The standard InChI is InChI=1S/C19H14Cl2F3NO.C10H20N2O2/c1-10-5-12(19(22,23)24)6-17-14(10)7-13(25(17)2)8-15-16(20)4-3-11(9-26)18(15)21;1-4-14-10(13)9(2)12-7-5-11(3)6-8-12/h3-7,9H,8H2,1-2H3;9H,4-8H2,1-3H3. The maximum absolute atomic E-state index is 13.1. The highest BCUT2D eigenvalue weighted by Crippen LogP contribution is 2.36.